The zero-order chi connectivity index (χ0) is 31.9. The Morgan fingerprint density at radius 1 is 0.932 bits per heavy atom. The number of hydrogen-bond donors (Lipinski definition) is 1. The van der Waals surface area contributed by atoms with E-state index in [9.17, 15) is 13.2 Å². The SMILES string of the molecule is COc1ccc(Cl)cc1N(CC(=O)N/N=C\c1cc(Br)c(OCc2ccc(Cl)cc2Cl)c(OC)c1)S(=O)(=O)c1ccccc1. The van der Waals surface area contributed by atoms with E-state index < -0.39 is 22.5 Å². The smallest absolute Gasteiger partial charge is 0.264 e. The van der Waals surface area contributed by atoms with Crippen molar-refractivity contribution < 1.29 is 27.4 Å². The maximum absolute atomic E-state index is 13.6. The minimum Gasteiger partial charge on any atom is -0.495 e. The zero-order valence-corrected chi connectivity index (χ0v) is 27.9. The van der Waals surface area contributed by atoms with Crippen molar-refractivity contribution in [3.8, 4) is 17.2 Å². The topological polar surface area (TPSA) is 107 Å². The van der Waals surface area contributed by atoms with Crippen molar-refractivity contribution in [1.82, 2.24) is 5.43 Å². The van der Waals surface area contributed by atoms with Gasteiger partial charge in [0.25, 0.3) is 15.9 Å². The van der Waals surface area contributed by atoms with Gasteiger partial charge in [0.15, 0.2) is 11.5 Å². The van der Waals surface area contributed by atoms with E-state index in [1.54, 1.807) is 54.6 Å². The zero-order valence-electron chi connectivity index (χ0n) is 23.3. The van der Waals surface area contributed by atoms with Gasteiger partial charge in [-0.15, -0.1) is 0 Å². The fourth-order valence-electron chi connectivity index (χ4n) is 3.97. The number of nitrogens with one attached hydrogen (secondary N) is 1. The number of rotatable bonds is 12. The minimum atomic E-state index is -4.20. The van der Waals surface area contributed by atoms with Gasteiger partial charge in [-0.05, 0) is 76.1 Å². The second-order valence-electron chi connectivity index (χ2n) is 8.99. The second kappa shape index (κ2) is 15.0. The molecule has 0 unspecified atom stereocenters. The number of amides is 1. The van der Waals surface area contributed by atoms with E-state index in [1.807, 2.05) is 0 Å². The molecule has 0 aliphatic rings. The number of halogens is 4. The molecule has 0 aliphatic carbocycles. The highest BCUT2D eigenvalue weighted by molar-refractivity contribution is 9.10. The van der Waals surface area contributed by atoms with E-state index in [0.717, 1.165) is 9.87 Å². The van der Waals surface area contributed by atoms with Gasteiger partial charge in [-0.1, -0.05) is 59.1 Å². The lowest BCUT2D eigenvalue weighted by Gasteiger charge is -2.25. The van der Waals surface area contributed by atoms with Crippen LogP contribution in [-0.2, 0) is 21.4 Å². The summed E-state index contributed by atoms with van der Waals surface area (Å²) < 4.78 is 45.5. The van der Waals surface area contributed by atoms with E-state index in [2.05, 4.69) is 26.5 Å². The number of benzene rings is 4. The van der Waals surface area contributed by atoms with Gasteiger partial charge in [0.1, 0.15) is 18.9 Å². The summed E-state index contributed by atoms with van der Waals surface area (Å²) in [6, 6.07) is 20.7. The van der Waals surface area contributed by atoms with E-state index in [1.165, 1.54) is 44.7 Å². The van der Waals surface area contributed by atoms with Crippen LogP contribution >= 0.6 is 50.7 Å². The quantitative estimate of drug-likeness (QED) is 0.120. The first-order chi connectivity index (χ1) is 21.0. The fraction of sp³-hybridized carbons (Fsp3) is 0.133. The number of carbonyl (C=O) groups is 1. The predicted octanol–water partition coefficient (Wildman–Crippen LogP) is 7.35. The third kappa shape index (κ3) is 8.16. The predicted molar refractivity (Wildman–Crippen MR) is 176 cm³/mol. The Morgan fingerprint density at radius 3 is 2.30 bits per heavy atom. The molecule has 0 aromatic heterocycles. The number of hydrazone groups is 1. The molecule has 1 amide bonds. The van der Waals surface area contributed by atoms with E-state index in [0.29, 0.717) is 31.6 Å². The third-order valence-corrected chi connectivity index (χ3v) is 9.25. The molecule has 14 heteroatoms. The van der Waals surface area contributed by atoms with Gasteiger partial charge >= 0.3 is 0 Å². The Morgan fingerprint density at radius 2 is 1.61 bits per heavy atom. The van der Waals surface area contributed by atoms with Crippen LogP contribution in [0.5, 0.6) is 17.2 Å². The van der Waals surface area contributed by atoms with Crippen LogP contribution in [0.25, 0.3) is 0 Å². The van der Waals surface area contributed by atoms with E-state index in [-0.39, 0.29) is 28.0 Å². The van der Waals surface area contributed by atoms with Gasteiger partial charge in [0.2, 0.25) is 0 Å². The average Bonchev–Trinajstić information content (AvgIpc) is 3.00. The third-order valence-electron chi connectivity index (χ3n) is 6.07. The number of carbonyl (C=O) groups excluding carboxylic acids is 1. The first-order valence-corrected chi connectivity index (χ1v) is 16.1. The Kier molecular flexibility index (Phi) is 11.4. The summed E-state index contributed by atoms with van der Waals surface area (Å²) in [5.41, 5.74) is 3.75. The number of nitrogens with zero attached hydrogens (tertiary/aromatic N) is 2. The maximum Gasteiger partial charge on any atom is 0.264 e. The van der Waals surface area contributed by atoms with E-state index in [4.69, 9.17) is 49.0 Å². The molecule has 44 heavy (non-hydrogen) atoms. The van der Waals surface area contributed by atoms with Crippen molar-refractivity contribution in [1.29, 1.82) is 0 Å². The minimum absolute atomic E-state index is 0.0177. The van der Waals surface area contributed by atoms with Crippen LogP contribution in [0.1, 0.15) is 11.1 Å². The van der Waals surface area contributed by atoms with Crippen LogP contribution in [0.4, 0.5) is 5.69 Å². The Bertz CT molecular complexity index is 1790. The summed E-state index contributed by atoms with van der Waals surface area (Å²) in [7, 11) is -1.32. The fourth-order valence-corrected chi connectivity index (χ4v) is 6.61. The summed E-state index contributed by atoms with van der Waals surface area (Å²) in [5, 5.41) is 5.26. The Balaban J connectivity index is 1.52. The Hall–Kier alpha value is -3.48. The van der Waals surface area contributed by atoms with Crippen molar-refractivity contribution in [2.24, 2.45) is 5.10 Å². The molecule has 230 valence electrons. The second-order valence-corrected chi connectivity index (χ2v) is 13.0. The molecular formula is C30H25BrCl3N3O6S. The molecular weight excluding hydrogens is 717 g/mol. The monoisotopic (exact) mass is 739 g/mol. The molecule has 4 rings (SSSR count). The van der Waals surface area contributed by atoms with Gasteiger partial charge in [-0.3, -0.25) is 9.10 Å². The molecule has 0 radical (unpaired) electrons. The van der Waals surface area contributed by atoms with Crippen LogP contribution in [-0.4, -0.2) is 41.3 Å². The van der Waals surface area contributed by atoms with Gasteiger partial charge in [-0.2, -0.15) is 5.10 Å². The molecule has 0 aliphatic heterocycles. The molecule has 0 atom stereocenters. The normalized spacial score (nSPS) is 11.3. The summed E-state index contributed by atoms with van der Waals surface area (Å²) in [4.78, 5) is 13.0. The lowest BCUT2D eigenvalue weighted by atomic mass is 10.2. The first-order valence-electron chi connectivity index (χ1n) is 12.7. The van der Waals surface area contributed by atoms with Gasteiger partial charge < -0.3 is 14.2 Å². The first kappa shape index (κ1) is 33.4. The van der Waals surface area contributed by atoms with Gasteiger partial charge in [-0.25, -0.2) is 13.8 Å². The largest absolute Gasteiger partial charge is 0.495 e. The Labute approximate surface area is 278 Å². The summed E-state index contributed by atoms with van der Waals surface area (Å²) in [6.45, 7) is -0.452. The van der Waals surface area contributed by atoms with Crippen molar-refractivity contribution in [3.63, 3.8) is 0 Å². The summed E-state index contributed by atoms with van der Waals surface area (Å²) in [6.07, 6.45) is 1.38. The number of hydrogen-bond acceptors (Lipinski definition) is 7. The molecule has 0 saturated carbocycles. The lowest BCUT2D eigenvalue weighted by Crippen LogP contribution is -2.39. The van der Waals surface area contributed by atoms with Crippen LogP contribution in [0, 0.1) is 0 Å². The number of sulfonamides is 1. The number of ether oxygens (including phenoxy) is 3. The summed E-state index contributed by atoms with van der Waals surface area (Å²) in [5.74, 6) is 0.318. The van der Waals surface area contributed by atoms with Gasteiger partial charge in [0.05, 0.1) is 35.5 Å². The molecule has 0 bridgehead atoms. The van der Waals surface area contributed by atoms with Crippen molar-refractivity contribution in [2.75, 3.05) is 25.1 Å². The molecule has 4 aromatic rings. The van der Waals surface area contributed by atoms with Crippen LogP contribution < -0.4 is 23.9 Å². The standard InChI is InChI=1S/C30H25BrCl3N3O6S/c1-41-27-11-10-22(33)15-26(27)37(44(39,40)23-6-4-3-5-7-23)17-29(38)36-35-16-19-12-24(31)30(28(13-19)42-2)43-18-20-8-9-21(32)14-25(20)34/h3-16H,17-18H2,1-2H3,(H,36,38)/b35-16-. The highest BCUT2D eigenvalue weighted by Gasteiger charge is 2.29. The molecule has 1 N–H and O–H groups in total. The molecule has 0 heterocycles. The van der Waals surface area contributed by atoms with E-state index >= 15 is 0 Å². The van der Waals surface area contributed by atoms with Crippen LogP contribution in [0.3, 0.4) is 0 Å². The van der Waals surface area contributed by atoms with Crippen molar-refractivity contribution in [2.45, 2.75) is 11.5 Å². The number of anilines is 1. The van der Waals surface area contributed by atoms with Crippen molar-refractivity contribution >= 4 is 78.6 Å². The average molecular weight is 742 g/mol. The molecule has 0 spiro atoms. The number of methoxy groups -OCH3 is 2. The maximum atomic E-state index is 13.6. The highest BCUT2D eigenvalue weighted by atomic mass is 79.9. The lowest BCUT2D eigenvalue weighted by molar-refractivity contribution is -0.119. The molecule has 0 saturated heterocycles. The molecule has 0 fully saturated rings. The highest BCUT2D eigenvalue weighted by Crippen LogP contribution is 2.38. The van der Waals surface area contributed by atoms with Crippen LogP contribution in [0.2, 0.25) is 15.1 Å². The van der Waals surface area contributed by atoms with Crippen LogP contribution in [0.15, 0.2) is 93.3 Å². The van der Waals surface area contributed by atoms with Crippen molar-refractivity contribution in [3.05, 3.63) is 110 Å². The van der Waals surface area contributed by atoms with Gasteiger partial charge in [0, 0.05) is 20.6 Å². The molecule has 4 aromatic carbocycles. The molecule has 9 nitrogen and oxygen atoms in total. The summed E-state index contributed by atoms with van der Waals surface area (Å²) >= 11 is 21.9.